The molecule has 1 N–H and O–H groups in total. The Bertz CT molecular complexity index is 450. The maximum atomic E-state index is 8.93. The summed E-state index contributed by atoms with van der Waals surface area (Å²) in [5, 5.41) is 9.99. The fraction of sp³-hybridized carbons (Fsp3) is 0.250. The van der Waals surface area contributed by atoms with Crippen LogP contribution in [0.3, 0.4) is 0 Å². The average molecular weight is 219 g/mol. The highest BCUT2D eigenvalue weighted by molar-refractivity contribution is 7.11. The summed E-state index contributed by atoms with van der Waals surface area (Å²) in [4.78, 5) is 5.20. The lowest BCUT2D eigenvalue weighted by molar-refractivity contribution is 0.285. The van der Waals surface area contributed by atoms with E-state index in [1.165, 1.54) is 11.1 Å². The summed E-state index contributed by atoms with van der Waals surface area (Å²) in [5.41, 5.74) is 2.54. The van der Waals surface area contributed by atoms with E-state index in [2.05, 4.69) is 36.2 Å². The predicted octanol–water partition coefficient (Wildman–Crippen LogP) is 2.53. The van der Waals surface area contributed by atoms with Crippen LogP contribution < -0.4 is 0 Å². The van der Waals surface area contributed by atoms with E-state index in [-0.39, 0.29) is 6.61 Å². The summed E-state index contributed by atoms with van der Waals surface area (Å²) >= 11 is 1.57. The van der Waals surface area contributed by atoms with Gasteiger partial charge in [0.1, 0.15) is 0 Å². The van der Waals surface area contributed by atoms with E-state index in [9.17, 15) is 0 Å². The maximum Gasteiger partial charge on any atom is 0.0972 e. The Labute approximate surface area is 93.2 Å². The van der Waals surface area contributed by atoms with Crippen molar-refractivity contribution in [2.24, 2.45) is 0 Å². The van der Waals surface area contributed by atoms with Crippen LogP contribution in [0.1, 0.15) is 21.0 Å². The van der Waals surface area contributed by atoms with E-state index in [0.29, 0.717) is 0 Å². The highest BCUT2D eigenvalue weighted by Gasteiger charge is 2.02. The SMILES string of the molecule is Cc1cccc(Cc2ncc(CO)s2)c1. The van der Waals surface area contributed by atoms with Crippen LogP contribution >= 0.6 is 11.3 Å². The van der Waals surface area contributed by atoms with Gasteiger partial charge in [0.25, 0.3) is 0 Å². The minimum absolute atomic E-state index is 0.0888. The molecule has 78 valence electrons. The molecule has 0 saturated heterocycles. The van der Waals surface area contributed by atoms with E-state index in [4.69, 9.17) is 5.11 Å². The molecular formula is C12H13NOS. The third-order valence-electron chi connectivity index (χ3n) is 2.20. The van der Waals surface area contributed by atoms with Gasteiger partial charge in [-0.25, -0.2) is 4.98 Å². The minimum atomic E-state index is 0.0888. The molecule has 0 aliphatic carbocycles. The van der Waals surface area contributed by atoms with Gasteiger partial charge in [0.2, 0.25) is 0 Å². The van der Waals surface area contributed by atoms with Crippen molar-refractivity contribution >= 4 is 11.3 Å². The minimum Gasteiger partial charge on any atom is -0.391 e. The van der Waals surface area contributed by atoms with Crippen molar-refractivity contribution in [2.75, 3.05) is 0 Å². The summed E-state index contributed by atoms with van der Waals surface area (Å²) in [7, 11) is 0. The zero-order valence-corrected chi connectivity index (χ0v) is 9.42. The van der Waals surface area contributed by atoms with Crippen LogP contribution in [-0.2, 0) is 13.0 Å². The molecule has 2 rings (SSSR count). The monoisotopic (exact) mass is 219 g/mol. The fourth-order valence-electron chi connectivity index (χ4n) is 1.50. The zero-order chi connectivity index (χ0) is 10.7. The number of rotatable bonds is 3. The Morgan fingerprint density at radius 3 is 2.93 bits per heavy atom. The van der Waals surface area contributed by atoms with Crippen molar-refractivity contribution in [3.8, 4) is 0 Å². The van der Waals surface area contributed by atoms with Gasteiger partial charge in [-0.1, -0.05) is 29.8 Å². The van der Waals surface area contributed by atoms with Gasteiger partial charge >= 0.3 is 0 Å². The molecule has 1 aromatic heterocycles. The van der Waals surface area contributed by atoms with E-state index < -0.39 is 0 Å². The molecule has 0 spiro atoms. The van der Waals surface area contributed by atoms with E-state index in [0.717, 1.165) is 16.3 Å². The van der Waals surface area contributed by atoms with Gasteiger partial charge in [-0.2, -0.15) is 0 Å². The van der Waals surface area contributed by atoms with Crippen molar-refractivity contribution in [1.29, 1.82) is 0 Å². The van der Waals surface area contributed by atoms with Crippen molar-refractivity contribution < 1.29 is 5.11 Å². The number of aromatic nitrogens is 1. The molecule has 0 unspecified atom stereocenters. The molecule has 15 heavy (non-hydrogen) atoms. The summed E-state index contributed by atoms with van der Waals surface area (Å²) in [6.45, 7) is 2.18. The molecule has 0 radical (unpaired) electrons. The Morgan fingerprint density at radius 1 is 1.40 bits per heavy atom. The Kier molecular flexibility index (Phi) is 3.14. The van der Waals surface area contributed by atoms with Crippen LogP contribution in [-0.4, -0.2) is 10.1 Å². The van der Waals surface area contributed by atoms with Gasteiger partial charge in [-0.3, -0.25) is 0 Å². The number of aryl methyl sites for hydroxylation is 1. The van der Waals surface area contributed by atoms with Gasteiger partial charge in [-0.15, -0.1) is 11.3 Å². The number of benzene rings is 1. The van der Waals surface area contributed by atoms with Crippen LogP contribution in [0.2, 0.25) is 0 Å². The normalized spacial score (nSPS) is 10.5. The van der Waals surface area contributed by atoms with Gasteiger partial charge < -0.3 is 5.11 Å². The molecule has 2 nitrogen and oxygen atoms in total. The lowest BCUT2D eigenvalue weighted by Crippen LogP contribution is -1.86. The topological polar surface area (TPSA) is 33.1 Å². The molecule has 0 atom stereocenters. The van der Waals surface area contributed by atoms with Gasteiger partial charge in [0.15, 0.2) is 0 Å². The first-order chi connectivity index (χ1) is 7.28. The van der Waals surface area contributed by atoms with Crippen LogP contribution in [0.4, 0.5) is 0 Å². The summed E-state index contributed by atoms with van der Waals surface area (Å²) in [6.07, 6.45) is 2.60. The molecule has 0 aliphatic rings. The Morgan fingerprint density at radius 2 is 2.27 bits per heavy atom. The first-order valence-corrected chi connectivity index (χ1v) is 5.69. The van der Waals surface area contributed by atoms with Crippen molar-refractivity contribution in [1.82, 2.24) is 4.98 Å². The molecule has 0 amide bonds. The number of nitrogens with zero attached hydrogens (tertiary/aromatic N) is 1. The zero-order valence-electron chi connectivity index (χ0n) is 8.60. The average Bonchev–Trinajstić information content (AvgIpc) is 2.65. The van der Waals surface area contributed by atoms with Crippen molar-refractivity contribution in [3.63, 3.8) is 0 Å². The molecule has 0 bridgehead atoms. The van der Waals surface area contributed by atoms with Crippen molar-refractivity contribution in [3.05, 3.63) is 51.5 Å². The second-order valence-electron chi connectivity index (χ2n) is 3.54. The Balaban J connectivity index is 2.14. The first-order valence-electron chi connectivity index (χ1n) is 4.88. The van der Waals surface area contributed by atoms with Crippen molar-refractivity contribution in [2.45, 2.75) is 20.0 Å². The third-order valence-corrected chi connectivity index (χ3v) is 3.18. The van der Waals surface area contributed by atoms with E-state index in [1.54, 1.807) is 17.5 Å². The predicted molar refractivity (Wildman–Crippen MR) is 62.0 cm³/mol. The number of hydrogen-bond donors (Lipinski definition) is 1. The molecule has 1 heterocycles. The van der Waals surface area contributed by atoms with Gasteiger partial charge in [0, 0.05) is 12.6 Å². The smallest absolute Gasteiger partial charge is 0.0972 e. The highest BCUT2D eigenvalue weighted by Crippen LogP contribution is 2.17. The summed E-state index contributed by atoms with van der Waals surface area (Å²) in [6, 6.07) is 8.42. The summed E-state index contributed by atoms with van der Waals surface area (Å²) < 4.78 is 0. The van der Waals surface area contributed by atoms with Crippen LogP contribution in [0, 0.1) is 6.92 Å². The van der Waals surface area contributed by atoms with Gasteiger partial charge in [0.05, 0.1) is 16.5 Å². The molecule has 3 heteroatoms. The Hall–Kier alpha value is -1.19. The third kappa shape index (κ3) is 2.64. The van der Waals surface area contributed by atoms with Crippen LogP contribution in [0.5, 0.6) is 0 Å². The standard InChI is InChI=1S/C12H13NOS/c1-9-3-2-4-10(5-9)6-12-13-7-11(8-14)15-12/h2-5,7,14H,6,8H2,1H3. The van der Waals surface area contributed by atoms with Crippen LogP contribution in [0.15, 0.2) is 30.5 Å². The second kappa shape index (κ2) is 4.55. The highest BCUT2D eigenvalue weighted by atomic mass is 32.1. The second-order valence-corrected chi connectivity index (χ2v) is 4.74. The molecule has 2 aromatic rings. The van der Waals surface area contributed by atoms with E-state index >= 15 is 0 Å². The molecular weight excluding hydrogens is 206 g/mol. The molecule has 1 aromatic carbocycles. The first kappa shape index (κ1) is 10.3. The molecule has 0 saturated carbocycles. The van der Waals surface area contributed by atoms with Gasteiger partial charge in [-0.05, 0) is 12.5 Å². The molecule has 0 fully saturated rings. The largest absolute Gasteiger partial charge is 0.391 e. The summed E-state index contributed by atoms with van der Waals surface area (Å²) in [5.74, 6) is 0. The number of aliphatic hydroxyl groups is 1. The number of aliphatic hydroxyl groups excluding tert-OH is 1. The number of hydrogen-bond acceptors (Lipinski definition) is 3. The number of thiazole rings is 1. The quantitative estimate of drug-likeness (QED) is 0.860. The lowest BCUT2D eigenvalue weighted by atomic mass is 10.1. The molecule has 0 aliphatic heterocycles. The van der Waals surface area contributed by atoms with Crippen LogP contribution in [0.25, 0.3) is 0 Å². The van der Waals surface area contributed by atoms with E-state index in [1.807, 2.05) is 0 Å². The maximum absolute atomic E-state index is 8.93. The lowest BCUT2D eigenvalue weighted by Gasteiger charge is -1.98. The fourth-order valence-corrected chi connectivity index (χ4v) is 2.32.